The van der Waals surface area contributed by atoms with Crippen molar-refractivity contribution in [1.82, 2.24) is 9.78 Å². The average Bonchev–Trinajstić information content (AvgIpc) is 3.02. The minimum Gasteiger partial charge on any atom is -0.325 e. The number of amides is 1. The average molecular weight is 470 g/mol. The summed E-state index contributed by atoms with van der Waals surface area (Å²) in [6, 6.07) is 12.9. The van der Waals surface area contributed by atoms with Crippen LogP contribution < -0.4 is 5.32 Å². The number of aromatic nitrogens is 2. The normalized spacial score (nSPS) is 11.4. The number of hydrogen-bond acceptors (Lipinski definition) is 3. The highest BCUT2D eigenvalue weighted by Gasteiger charge is 2.38. The maximum Gasteiger partial charge on any atom is 0.436 e. The Morgan fingerprint density at radius 2 is 1.77 bits per heavy atom. The molecule has 0 aliphatic carbocycles. The molecule has 162 valence electrons. The van der Waals surface area contributed by atoms with E-state index in [9.17, 15) is 22.8 Å². The molecule has 0 aliphatic heterocycles. The number of aryl methyl sites for hydroxylation is 1. The van der Waals surface area contributed by atoms with Crippen molar-refractivity contribution in [2.75, 3.05) is 5.32 Å². The van der Waals surface area contributed by atoms with Gasteiger partial charge >= 0.3 is 6.18 Å². The van der Waals surface area contributed by atoms with E-state index in [0.29, 0.717) is 10.6 Å². The van der Waals surface area contributed by atoms with E-state index in [1.54, 1.807) is 30.3 Å². The molecule has 2 aromatic carbocycles. The SMILES string of the molecule is Cc1c(Cl)c(C(F)(F)F)nn1CCC(=O)Nc1ccc(Cl)cc1C(=O)c1ccccc1. The van der Waals surface area contributed by atoms with Crippen LogP contribution in [0.4, 0.5) is 18.9 Å². The van der Waals surface area contributed by atoms with Crippen LogP contribution in [0.2, 0.25) is 10.0 Å². The van der Waals surface area contributed by atoms with E-state index in [1.807, 2.05) is 0 Å². The number of carbonyl (C=O) groups is 2. The summed E-state index contributed by atoms with van der Waals surface area (Å²) in [5.74, 6) is -0.841. The largest absolute Gasteiger partial charge is 0.436 e. The molecular formula is C21H16Cl2F3N3O2. The van der Waals surface area contributed by atoms with E-state index in [1.165, 1.54) is 25.1 Å². The third kappa shape index (κ3) is 5.26. The quantitative estimate of drug-likeness (QED) is 0.465. The Morgan fingerprint density at radius 1 is 1.10 bits per heavy atom. The molecule has 1 amide bonds. The van der Waals surface area contributed by atoms with Crippen LogP contribution >= 0.6 is 23.2 Å². The summed E-state index contributed by atoms with van der Waals surface area (Å²) in [5, 5.41) is 5.90. The van der Waals surface area contributed by atoms with Crippen LogP contribution in [0.15, 0.2) is 48.5 Å². The zero-order valence-electron chi connectivity index (χ0n) is 16.1. The molecule has 3 aromatic rings. The van der Waals surface area contributed by atoms with Crippen LogP contribution in [-0.4, -0.2) is 21.5 Å². The van der Waals surface area contributed by atoms with Gasteiger partial charge < -0.3 is 5.32 Å². The zero-order valence-corrected chi connectivity index (χ0v) is 17.6. The summed E-state index contributed by atoms with van der Waals surface area (Å²) in [5.41, 5.74) is -0.227. The van der Waals surface area contributed by atoms with Gasteiger partial charge in [-0.2, -0.15) is 18.3 Å². The summed E-state index contributed by atoms with van der Waals surface area (Å²) >= 11 is 11.7. The fraction of sp³-hybridized carbons (Fsp3) is 0.190. The number of rotatable bonds is 6. The number of alkyl halides is 3. The molecular weight excluding hydrogens is 454 g/mol. The predicted molar refractivity (Wildman–Crippen MR) is 112 cm³/mol. The van der Waals surface area contributed by atoms with Gasteiger partial charge in [-0.3, -0.25) is 14.3 Å². The van der Waals surface area contributed by atoms with Gasteiger partial charge in [0.15, 0.2) is 11.5 Å². The number of nitrogens with zero attached hydrogens (tertiary/aromatic N) is 2. The Balaban J connectivity index is 1.76. The third-order valence-corrected chi connectivity index (χ3v) is 5.18. The van der Waals surface area contributed by atoms with E-state index in [4.69, 9.17) is 23.2 Å². The van der Waals surface area contributed by atoms with Gasteiger partial charge in [0.25, 0.3) is 0 Å². The standard InChI is InChI=1S/C21H16Cl2F3N3O2/c1-12-18(23)20(21(24,25)26)28-29(12)10-9-17(30)27-16-8-7-14(22)11-15(16)19(31)13-5-3-2-4-6-13/h2-8,11H,9-10H2,1H3,(H,27,30). The number of hydrogen-bond donors (Lipinski definition) is 1. The van der Waals surface area contributed by atoms with Crippen molar-refractivity contribution in [3.63, 3.8) is 0 Å². The lowest BCUT2D eigenvalue weighted by Gasteiger charge is -2.12. The van der Waals surface area contributed by atoms with Crippen LogP contribution in [0, 0.1) is 6.92 Å². The van der Waals surface area contributed by atoms with Crippen molar-refractivity contribution in [3.05, 3.63) is 81.1 Å². The number of ketones is 1. The van der Waals surface area contributed by atoms with E-state index in [0.717, 1.165) is 4.68 Å². The first-order valence-electron chi connectivity index (χ1n) is 9.07. The minimum absolute atomic E-state index is 0.105. The topological polar surface area (TPSA) is 64.0 Å². The van der Waals surface area contributed by atoms with Gasteiger partial charge in [-0.15, -0.1) is 0 Å². The lowest BCUT2D eigenvalue weighted by molar-refractivity contribution is -0.141. The van der Waals surface area contributed by atoms with Crippen molar-refractivity contribution in [2.45, 2.75) is 26.1 Å². The Labute approximate surface area is 185 Å². The van der Waals surface area contributed by atoms with Gasteiger partial charge in [-0.05, 0) is 25.1 Å². The maximum atomic E-state index is 12.9. The van der Waals surface area contributed by atoms with Gasteiger partial charge in [0, 0.05) is 22.6 Å². The lowest BCUT2D eigenvalue weighted by atomic mass is 10.0. The van der Waals surface area contributed by atoms with Crippen LogP contribution in [0.3, 0.4) is 0 Å². The van der Waals surface area contributed by atoms with Crippen LogP contribution in [-0.2, 0) is 17.5 Å². The number of halogens is 5. The smallest absolute Gasteiger partial charge is 0.325 e. The van der Waals surface area contributed by atoms with Gasteiger partial charge in [-0.1, -0.05) is 53.5 Å². The molecule has 31 heavy (non-hydrogen) atoms. The number of benzene rings is 2. The highest BCUT2D eigenvalue weighted by Crippen LogP contribution is 2.35. The molecule has 0 atom stereocenters. The van der Waals surface area contributed by atoms with Gasteiger partial charge in [-0.25, -0.2) is 0 Å². The molecule has 1 aromatic heterocycles. The van der Waals surface area contributed by atoms with Crippen molar-refractivity contribution in [2.24, 2.45) is 0 Å². The Hall–Kier alpha value is -2.84. The first-order chi connectivity index (χ1) is 14.6. The summed E-state index contributed by atoms with van der Waals surface area (Å²) in [6.45, 7) is 1.27. The van der Waals surface area contributed by atoms with Gasteiger partial charge in [0.2, 0.25) is 5.91 Å². The molecule has 3 rings (SSSR count). The second-order valence-corrected chi connectivity index (χ2v) is 7.47. The van der Waals surface area contributed by atoms with Crippen molar-refractivity contribution < 1.29 is 22.8 Å². The van der Waals surface area contributed by atoms with Gasteiger partial charge in [0.1, 0.15) is 0 Å². The number of nitrogens with one attached hydrogen (secondary N) is 1. The molecule has 0 unspecified atom stereocenters. The van der Waals surface area contributed by atoms with E-state index in [2.05, 4.69) is 10.4 Å². The van der Waals surface area contributed by atoms with Gasteiger partial charge in [0.05, 0.1) is 22.9 Å². The second kappa shape index (κ2) is 9.11. The van der Waals surface area contributed by atoms with E-state index in [-0.39, 0.29) is 35.7 Å². The molecule has 0 saturated heterocycles. The van der Waals surface area contributed by atoms with Crippen LogP contribution in [0.25, 0.3) is 0 Å². The summed E-state index contributed by atoms with van der Waals surface area (Å²) in [7, 11) is 0. The highest BCUT2D eigenvalue weighted by molar-refractivity contribution is 6.32. The van der Waals surface area contributed by atoms with E-state index < -0.39 is 22.8 Å². The molecule has 0 spiro atoms. The van der Waals surface area contributed by atoms with Crippen molar-refractivity contribution >= 4 is 40.6 Å². The van der Waals surface area contributed by atoms with E-state index >= 15 is 0 Å². The first kappa shape index (κ1) is 22.8. The molecule has 0 radical (unpaired) electrons. The second-order valence-electron chi connectivity index (χ2n) is 6.65. The Kier molecular flexibility index (Phi) is 6.71. The van der Waals surface area contributed by atoms with Crippen LogP contribution in [0.1, 0.15) is 33.7 Å². The summed E-state index contributed by atoms with van der Waals surface area (Å²) < 4.78 is 39.8. The molecule has 1 N–H and O–H groups in total. The Morgan fingerprint density at radius 3 is 2.39 bits per heavy atom. The zero-order chi connectivity index (χ0) is 22.8. The number of carbonyl (C=O) groups excluding carboxylic acids is 2. The molecule has 0 bridgehead atoms. The molecule has 10 heteroatoms. The third-order valence-electron chi connectivity index (χ3n) is 4.49. The molecule has 0 aliphatic rings. The Bertz CT molecular complexity index is 1130. The molecule has 0 saturated carbocycles. The monoisotopic (exact) mass is 469 g/mol. The lowest BCUT2D eigenvalue weighted by Crippen LogP contribution is -2.18. The van der Waals surface area contributed by atoms with Crippen LogP contribution in [0.5, 0.6) is 0 Å². The summed E-state index contributed by atoms with van der Waals surface area (Å²) in [4.78, 5) is 25.2. The molecule has 5 nitrogen and oxygen atoms in total. The minimum atomic E-state index is -4.69. The first-order valence-corrected chi connectivity index (χ1v) is 9.82. The highest BCUT2D eigenvalue weighted by atomic mass is 35.5. The summed E-state index contributed by atoms with van der Waals surface area (Å²) in [6.07, 6.45) is -4.87. The fourth-order valence-corrected chi connectivity index (χ4v) is 3.32. The molecule has 1 heterocycles. The fourth-order valence-electron chi connectivity index (χ4n) is 2.90. The predicted octanol–water partition coefficient (Wildman–Crippen LogP) is 5.78. The van der Waals surface area contributed by atoms with Crippen molar-refractivity contribution in [1.29, 1.82) is 0 Å². The maximum absolute atomic E-state index is 12.9. The molecule has 0 fully saturated rings. The van der Waals surface area contributed by atoms with Crippen molar-refractivity contribution in [3.8, 4) is 0 Å². The number of anilines is 1.